The van der Waals surface area contributed by atoms with Crippen LogP contribution in [0.25, 0.3) is 0 Å². The van der Waals surface area contributed by atoms with Crippen LogP contribution in [0.1, 0.15) is 5.69 Å². The van der Waals surface area contributed by atoms with E-state index < -0.39 is 0 Å². The number of carbonyl (C=O) groups is 1. The molecular formula is C9H10BrNO3. The van der Waals surface area contributed by atoms with Gasteiger partial charge in [0.05, 0.1) is 26.3 Å². The molecule has 5 heteroatoms. The van der Waals surface area contributed by atoms with Crippen molar-refractivity contribution in [3.8, 4) is 5.75 Å². The predicted molar refractivity (Wildman–Crippen MR) is 54.2 cm³/mol. The topological polar surface area (TPSA) is 48.4 Å². The number of carbonyl (C=O) groups excluding carboxylic acids is 1. The van der Waals surface area contributed by atoms with E-state index in [2.05, 4.69) is 25.7 Å². The van der Waals surface area contributed by atoms with Crippen molar-refractivity contribution in [2.75, 3.05) is 14.2 Å². The maximum atomic E-state index is 11.0. The molecule has 1 aromatic heterocycles. The number of aromatic nitrogens is 1. The maximum absolute atomic E-state index is 11.0. The second-order valence-corrected chi connectivity index (χ2v) is 3.35. The lowest BCUT2D eigenvalue weighted by molar-refractivity contribution is -0.139. The Bertz CT molecular complexity index is 341. The molecular weight excluding hydrogens is 250 g/mol. The highest BCUT2D eigenvalue weighted by Crippen LogP contribution is 2.19. The van der Waals surface area contributed by atoms with Crippen molar-refractivity contribution < 1.29 is 14.3 Å². The third-order valence-electron chi connectivity index (χ3n) is 1.66. The van der Waals surface area contributed by atoms with Crippen molar-refractivity contribution in [1.29, 1.82) is 0 Å². The van der Waals surface area contributed by atoms with Gasteiger partial charge < -0.3 is 9.47 Å². The van der Waals surface area contributed by atoms with E-state index in [4.69, 9.17) is 4.74 Å². The Balaban J connectivity index is 2.93. The van der Waals surface area contributed by atoms with Gasteiger partial charge in [-0.25, -0.2) is 4.98 Å². The van der Waals surface area contributed by atoms with E-state index in [9.17, 15) is 4.79 Å². The first-order valence-electron chi connectivity index (χ1n) is 3.93. The first kappa shape index (κ1) is 11.0. The number of halogens is 1. The van der Waals surface area contributed by atoms with Gasteiger partial charge in [0, 0.05) is 0 Å². The zero-order chi connectivity index (χ0) is 10.6. The van der Waals surface area contributed by atoms with Gasteiger partial charge in [0.2, 0.25) is 0 Å². The minimum Gasteiger partial charge on any atom is -0.495 e. The molecule has 0 amide bonds. The summed E-state index contributed by atoms with van der Waals surface area (Å²) in [5.74, 6) is 0.243. The van der Waals surface area contributed by atoms with Crippen molar-refractivity contribution >= 4 is 21.9 Å². The fourth-order valence-electron chi connectivity index (χ4n) is 0.983. The molecule has 1 heterocycles. The SMILES string of the molecule is COC(=O)Cc1nc(Br)ccc1OC. The monoisotopic (exact) mass is 259 g/mol. The van der Waals surface area contributed by atoms with E-state index in [0.717, 1.165) is 0 Å². The molecule has 0 aliphatic carbocycles. The molecule has 0 saturated heterocycles. The summed E-state index contributed by atoms with van der Waals surface area (Å²) >= 11 is 3.22. The van der Waals surface area contributed by atoms with Crippen LogP contribution >= 0.6 is 15.9 Å². The number of pyridine rings is 1. The van der Waals surface area contributed by atoms with E-state index in [1.807, 2.05) is 0 Å². The van der Waals surface area contributed by atoms with Crippen LogP contribution in [0, 0.1) is 0 Å². The van der Waals surface area contributed by atoms with Gasteiger partial charge in [0.25, 0.3) is 0 Å². The van der Waals surface area contributed by atoms with E-state index in [0.29, 0.717) is 16.0 Å². The van der Waals surface area contributed by atoms with Gasteiger partial charge in [-0.05, 0) is 28.1 Å². The number of ether oxygens (including phenoxy) is 2. The van der Waals surface area contributed by atoms with Crippen LogP contribution in [-0.4, -0.2) is 25.2 Å². The summed E-state index contributed by atoms with van der Waals surface area (Å²) in [5.41, 5.74) is 0.564. The molecule has 4 nitrogen and oxygen atoms in total. The summed E-state index contributed by atoms with van der Waals surface area (Å²) < 4.78 is 10.3. The molecule has 0 aliphatic heterocycles. The number of methoxy groups -OCH3 is 2. The van der Waals surface area contributed by atoms with Crippen LogP contribution in [0.3, 0.4) is 0 Å². The number of nitrogens with zero attached hydrogens (tertiary/aromatic N) is 1. The highest BCUT2D eigenvalue weighted by molar-refractivity contribution is 9.10. The van der Waals surface area contributed by atoms with Crippen molar-refractivity contribution in [3.63, 3.8) is 0 Å². The molecule has 0 spiro atoms. The van der Waals surface area contributed by atoms with Crippen LogP contribution in [0.4, 0.5) is 0 Å². The Labute approximate surface area is 90.4 Å². The smallest absolute Gasteiger partial charge is 0.311 e. The Morgan fingerprint density at radius 2 is 2.21 bits per heavy atom. The minimum absolute atomic E-state index is 0.110. The molecule has 1 rings (SSSR count). The van der Waals surface area contributed by atoms with Gasteiger partial charge in [-0.2, -0.15) is 0 Å². The van der Waals surface area contributed by atoms with E-state index in [-0.39, 0.29) is 12.4 Å². The average Bonchev–Trinajstić information content (AvgIpc) is 2.18. The molecule has 1 aromatic rings. The van der Waals surface area contributed by atoms with E-state index in [1.54, 1.807) is 12.1 Å². The van der Waals surface area contributed by atoms with Crippen molar-refractivity contribution in [1.82, 2.24) is 4.98 Å². The van der Waals surface area contributed by atoms with Crippen LogP contribution in [0.2, 0.25) is 0 Å². The molecule has 0 atom stereocenters. The summed E-state index contributed by atoms with van der Waals surface area (Å²) in [6, 6.07) is 3.50. The summed E-state index contributed by atoms with van der Waals surface area (Å²) in [6.07, 6.45) is 0.110. The van der Waals surface area contributed by atoms with Crippen LogP contribution in [0.15, 0.2) is 16.7 Å². The Morgan fingerprint density at radius 3 is 2.79 bits per heavy atom. The first-order valence-corrected chi connectivity index (χ1v) is 4.73. The van der Waals surface area contributed by atoms with Crippen LogP contribution in [-0.2, 0) is 16.0 Å². The van der Waals surface area contributed by atoms with Gasteiger partial charge in [-0.1, -0.05) is 0 Å². The lowest BCUT2D eigenvalue weighted by Gasteiger charge is -2.06. The molecule has 0 aromatic carbocycles. The van der Waals surface area contributed by atoms with Gasteiger partial charge in [-0.3, -0.25) is 4.79 Å². The predicted octanol–water partition coefficient (Wildman–Crippen LogP) is 1.57. The number of hydrogen-bond donors (Lipinski definition) is 0. The van der Waals surface area contributed by atoms with Gasteiger partial charge >= 0.3 is 5.97 Å². The number of hydrogen-bond acceptors (Lipinski definition) is 4. The Kier molecular flexibility index (Phi) is 3.88. The molecule has 0 N–H and O–H groups in total. The lowest BCUT2D eigenvalue weighted by atomic mass is 10.2. The second-order valence-electron chi connectivity index (χ2n) is 2.54. The first-order chi connectivity index (χ1) is 6.67. The third-order valence-corrected chi connectivity index (χ3v) is 2.10. The van der Waals surface area contributed by atoms with Crippen molar-refractivity contribution in [3.05, 3.63) is 22.4 Å². The summed E-state index contributed by atoms with van der Waals surface area (Å²) in [7, 11) is 2.87. The Hall–Kier alpha value is -1.10. The van der Waals surface area contributed by atoms with Gasteiger partial charge in [0.15, 0.2) is 0 Å². The number of rotatable bonds is 3. The fourth-order valence-corrected chi connectivity index (χ4v) is 1.33. The summed E-state index contributed by atoms with van der Waals surface area (Å²) in [5, 5.41) is 0. The van der Waals surface area contributed by atoms with Crippen LogP contribution < -0.4 is 4.74 Å². The summed E-state index contributed by atoms with van der Waals surface area (Å²) in [4.78, 5) is 15.2. The average molecular weight is 260 g/mol. The molecule has 0 saturated carbocycles. The molecule has 76 valence electrons. The maximum Gasteiger partial charge on any atom is 0.311 e. The third kappa shape index (κ3) is 2.70. The zero-order valence-electron chi connectivity index (χ0n) is 7.91. The van der Waals surface area contributed by atoms with Gasteiger partial charge in [0.1, 0.15) is 10.4 Å². The van der Waals surface area contributed by atoms with Crippen molar-refractivity contribution in [2.45, 2.75) is 6.42 Å². The molecule has 0 fully saturated rings. The van der Waals surface area contributed by atoms with Crippen molar-refractivity contribution in [2.24, 2.45) is 0 Å². The summed E-state index contributed by atoms with van der Waals surface area (Å²) in [6.45, 7) is 0. The second kappa shape index (κ2) is 4.95. The number of esters is 1. The standard InChI is InChI=1S/C9H10BrNO3/c1-13-7-3-4-8(10)11-6(7)5-9(12)14-2/h3-4H,5H2,1-2H3. The van der Waals surface area contributed by atoms with E-state index in [1.165, 1.54) is 14.2 Å². The molecule has 0 bridgehead atoms. The van der Waals surface area contributed by atoms with Gasteiger partial charge in [-0.15, -0.1) is 0 Å². The lowest BCUT2D eigenvalue weighted by Crippen LogP contribution is -2.07. The molecule has 0 unspecified atom stereocenters. The molecule has 0 aliphatic rings. The quantitative estimate of drug-likeness (QED) is 0.611. The molecule has 14 heavy (non-hydrogen) atoms. The highest BCUT2D eigenvalue weighted by Gasteiger charge is 2.10. The normalized spacial score (nSPS) is 9.64. The highest BCUT2D eigenvalue weighted by atomic mass is 79.9. The molecule has 0 radical (unpaired) electrons. The Morgan fingerprint density at radius 1 is 1.50 bits per heavy atom. The van der Waals surface area contributed by atoms with E-state index >= 15 is 0 Å². The fraction of sp³-hybridized carbons (Fsp3) is 0.333. The largest absolute Gasteiger partial charge is 0.495 e. The van der Waals surface area contributed by atoms with Crippen LogP contribution in [0.5, 0.6) is 5.75 Å². The minimum atomic E-state index is -0.339. The zero-order valence-corrected chi connectivity index (χ0v) is 9.50.